The second-order valence-corrected chi connectivity index (χ2v) is 3.03. The zero-order valence-corrected chi connectivity index (χ0v) is 7.75. The molecule has 0 heterocycles. The van der Waals surface area contributed by atoms with E-state index in [1.165, 1.54) is 19.1 Å². The van der Waals surface area contributed by atoms with E-state index in [0.717, 1.165) is 5.69 Å². The van der Waals surface area contributed by atoms with Gasteiger partial charge in [0.2, 0.25) is 0 Å². The molecule has 3 heteroatoms. The Bertz CT molecular complexity index is 294. The van der Waals surface area contributed by atoms with Crippen molar-refractivity contribution in [2.45, 2.75) is 6.92 Å². The van der Waals surface area contributed by atoms with Crippen LogP contribution in [-0.2, 0) is 4.79 Å². The van der Waals surface area contributed by atoms with Gasteiger partial charge in [0.25, 0.3) is 0 Å². The molecule has 1 aromatic carbocycles. The van der Waals surface area contributed by atoms with Gasteiger partial charge in [-0.15, -0.1) is 0 Å². The highest BCUT2D eigenvalue weighted by atomic mass is 19.1. The van der Waals surface area contributed by atoms with Gasteiger partial charge < -0.3 is 4.90 Å². The topological polar surface area (TPSA) is 20.3 Å². The lowest BCUT2D eigenvalue weighted by molar-refractivity contribution is -0.115. The molecule has 0 amide bonds. The number of benzene rings is 1. The largest absolute Gasteiger partial charge is 0.367 e. The van der Waals surface area contributed by atoms with Gasteiger partial charge in [0.15, 0.2) is 0 Å². The molecule has 0 aromatic heterocycles. The summed E-state index contributed by atoms with van der Waals surface area (Å²) in [7, 11) is 1.80. The number of hydrogen-bond donors (Lipinski definition) is 0. The number of Topliss-reactive ketones (excluding diaryl/α,β-unsaturated/α-hetero) is 1. The van der Waals surface area contributed by atoms with Gasteiger partial charge in [0.05, 0.1) is 6.54 Å². The molecule has 0 N–H and O–H groups in total. The summed E-state index contributed by atoms with van der Waals surface area (Å²) >= 11 is 0. The van der Waals surface area contributed by atoms with Crippen LogP contribution in [0.1, 0.15) is 6.92 Å². The SMILES string of the molecule is CC(=O)CN(C)c1ccc(F)cc1. The maximum Gasteiger partial charge on any atom is 0.149 e. The second-order valence-electron chi connectivity index (χ2n) is 3.03. The van der Waals surface area contributed by atoms with Crippen LogP contribution in [0.15, 0.2) is 24.3 Å². The lowest BCUT2D eigenvalue weighted by Gasteiger charge is -2.16. The summed E-state index contributed by atoms with van der Waals surface area (Å²) in [5.41, 5.74) is 0.844. The summed E-state index contributed by atoms with van der Waals surface area (Å²) in [6.07, 6.45) is 0. The minimum absolute atomic E-state index is 0.0897. The van der Waals surface area contributed by atoms with E-state index in [1.54, 1.807) is 24.1 Å². The second kappa shape index (κ2) is 4.03. The summed E-state index contributed by atoms with van der Waals surface area (Å²) in [4.78, 5) is 12.6. The smallest absolute Gasteiger partial charge is 0.149 e. The molecule has 70 valence electrons. The average molecular weight is 181 g/mol. The van der Waals surface area contributed by atoms with Crippen molar-refractivity contribution in [3.8, 4) is 0 Å². The van der Waals surface area contributed by atoms with Crippen molar-refractivity contribution in [3.63, 3.8) is 0 Å². The number of carbonyl (C=O) groups is 1. The predicted octanol–water partition coefficient (Wildman–Crippen LogP) is 1.85. The Balaban J connectivity index is 2.71. The van der Waals surface area contributed by atoms with Crippen molar-refractivity contribution in [1.29, 1.82) is 0 Å². The first kappa shape index (κ1) is 9.71. The van der Waals surface area contributed by atoms with E-state index >= 15 is 0 Å². The Hall–Kier alpha value is -1.38. The number of ketones is 1. The summed E-state index contributed by atoms with van der Waals surface area (Å²) in [6.45, 7) is 1.88. The normalized spacial score (nSPS) is 9.77. The number of carbonyl (C=O) groups excluding carboxylic acids is 1. The highest BCUT2D eigenvalue weighted by molar-refractivity contribution is 5.80. The molecule has 13 heavy (non-hydrogen) atoms. The highest BCUT2D eigenvalue weighted by Crippen LogP contribution is 2.12. The van der Waals surface area contributed by atoms with E-state index in [9.17, 15) is 9.18 Å². The van der Waals surface area contributed by atoms with Crippen molar-refractivity contribution < 1.29 is 9.18 Å². The molecule has 1 rings (SSSR count). The van der Waals surface area contributed by atoms with Crippen LogP contribution in [0, 0.1) is 5.82 Å². The lowest BCUT2D eigenvalue weighted by atomic mass is 10.3. The predicted molar refractivity (Wildman–Crippen MR) is 50.4 cm³/mol. The van der Waals surface area contributed by atoms with Gasteiger partial charge in [0.1, 0.15) is 11.6 Å². The van der Waals surface area contributed by atoms with Gasteiger partial charge in [-0.25, -0.2) is 4.39 Å². The summed E-state index contributed by atoms with van der Waals surface area (Å²) < 4.78 is 12.5. The van der Waals surface area contributed by atoms with Crippen molar-refractivity contribution >= 4 is 11.5 Å². The fraction of sp³-hybridized carbons (Fsp3) is 0.300. The third-order valence-electron chi connectivity index (χ3n) is 1.73. The van der Waals surface area contributed by atoms with Crippen molar-refractivity contribution in [3.05, 3.63) is 30.1 Å². The van der Waals surface area contributed by atoms with Crippen LogP contribution < -0.4 is 4.90 Å². The minimum Gasteiger partial charge on any atom is -0.367 e. The van der Waals surface area contributed by atoms with Crippen molar-refractivity contribution in [1.82, 2.24) is 0 Å². The number of nitrogens with zero attached hydrogens (tertiary/aromatic N) is 1. The van der Waals surface area contributed by atoms with Crippen LogP contribution >= 0.6 is 0 Å². The van der Waals surface area contributed by atoms with Gasteiger partial charge in [-0.2, -0.15) is 0 Å². The summed E-state index contributed by atoms with van der Waals surface area (Å²) in [5, 5.41) is 0. The Labute approximate surface area is 77.0 Å². The van der Waals surface area contributed by atoms with Crippen LogP contribution in [0.2, 0.25) is 0 Å². The molecule has 0 aliphatic heterocycles. The molecule has 0 fully saturated rings. The third-order valence-corrected chi connectivity index (χ3v) is 1.73. The minimum atomic E-state index is -0.264. The van der Waals surface area contributed by atoms with Crippen LogP contribution in [0.3, 0.4) is 0 Å². The molecule has 0 unspecified atom stereocenters. The molecule has 0 saturated heterocycles. The summed E-state index contributed by atoms with van der Waals surface area (Å²) in [6, 6.07) is 6.06. The third kappa shape index (κ3) is 2.86. The van der Waals surface area contributed by atoms with Gasteiger partial charge in [-0.1, -0.05) is 0 Å². The number of likely N-dealkylation sites (N-methyl/N-ethyl adjacent to an activating group) is 1. The van der Waals surface area contributed by atoms with Gasteiger partial charge in [0, 0.05) is 12.7 Å². The number of rotatable bonds is 3. The molecule has 0 radical (unpaired) electrons. The number of halogens is 1. The molecule has 2 nitrogen and oxygen atoms in total. The van der Waals surface area contributed by atoms with Gasteiger partial charge >= 0.3 is 0 Å². The van der Waals surface area contributed by atoms with E-state index < -0.39 is 0 Å². The Morgan fingerprint density at radius 1 is 1.38 bits per heavy atom. The molecule has 0 bridgehead atoms. The molecule has 0 atom stereocenters. The first-order valence-electron chi connectivity index (χ1n) is 4.06. The van der Waals surface area contributed by atoms with E-state index in [1.807, 2.05) is 0 Å². The average Bonchev–Trinajstić information content (AvgIpc) is 2.04. The standard InChI is InChI=1S/C10H12FNO/c1-8(13)7-12(2)10-5-3-9(11)4-6-10/h3-6H,7H2,1-2H3. The van der Waals surface area contributed by atoms with E-state index in [2.05, 4.69) is 0 Å². The Morgan fingerprint density at radius 2 is 1.92 bits per heavy atom. The lowest BCUT2D eigenvalue weighted by Crippen LogP contribution is -2.23. The molecular formula is C10H12FNO. The molecule has 0 aliphatic carbocycles. The van der Waals surface area contributed by atoms with Gasteiger partial charge in [-0.05, 0) is 31.2 Å². The molecule has 0 spiro atoms. The Morgan fingerprint density at radius 3 is 2.38 bits per heavy atom. The summed E-state index contributed by atoms with van der Waals surface area (Å²) in [5.74, 6) is -0.174. The van der Waals surface area contributed by atoms with E-state index in [-0.39, 0.29) is 11.6 Å². The molecule has 0 saturated carbocycles. The van der Waals surface area contributed by atoms with Crippen LogP contribution in [0.5, 0.6) is 0 Å². The monoisotopic (exact) mass is 181 g/mol. The van der Waals surface area contributed by atoms with E-state index in [4.69, 9.17) is 0 Å². The van der Waals surface area contributed by atoms with E-state index in [0.29, 0.717) is 6.54 Å². The van der Waals surface area contributed by atoms with Crippen molar-refractivity contribution in [2.24, 2.45) is 0 Å². The molecular weight excluding hydrogens is 169 g/mol. The zero-order valence-electron chi connectivity index (χ0n) is 7.75. The quantitative estimate of drug-likeness (QED) is 0.709. The first-order valence-corrected chi connectivity index (χ1v) is 4.06. The maximum absolute atomic E-state index is 12.5. The highest BCUT2D eigenvalue weighted by Gasteiger charge is 2.02. The maximum atomic E-state index is 12.5. The Kier molecular flexibility index (Phi) is 3.01. The van der Waals surface area contributed by atoms with Crippen LogP contribution in [-0.4, -0.2) is 19.4 Å². The van der Waals surface area contributed by atoms with Crippen molar-refractivity contribution in [2.75, 3.05) is 18.5 Å². The zero-order chi connectivity index (χ0) is 9.84. The van der Waals surface area contributed by atoms with Crippen LogP contribution in [0.4, 0.5) is 10.1 Å². The van der Waals surface area contributed by atoms with Crippen LogP contribution in [0.25, 0.3) is 0 Å². The number of hydrogen-bond acceptors (Lipinski definition) is 2. The van der Waals surface area contributed by atoms with Gasteiger partial charge in [-0.3, -0.25) is 4.79 Å². The fourth-order valence-corrected chi connectivity index (χ4v) is 1.12. The first-order chi connectivity index (χ1) is 6.09. The fourth-order valence-electron chi connectivity index (χ4n) is 1.12. The number of anilines is 1. The molecule has 0 aliphatic rings. The molecule has 1 aromatic rings.